The summed E-state index contributed by atoms with van der Waals surface area (Å²) >= 11 is 0. The summed E-state index contributed by atoms with van der Waals surface area (Å²) in [4.78, 5) is 16.2. The van der Waals surface area contributed by atoms with Crippen molar-refractivity contribution in [3.05, 3.63) is 60.4 Å². The summed E-state index contributed by atoms with van der Waals surface area (Å²) < 4.78 is 7.56. The van der Waals surface area contributed by atoms with Crippen molar-refractivity contribution in [3.63, 3.8) is 0 Å². The monoisotopic (exact) mass is 323 g/mol. The number of hydrogen-bond donors (Lipinski definition) is 1. The fourth-order valence-corrected chi connectivity index (χ4v) is 2.51. The molecular formula is C19H21N3O2. The van der Waals surface area contributed by atoms with Crippen LogP contribution in [0.25, 0.3) is 11.0 Å². The summed E-state index contributed by atoms with van der Waals surface area (Å²) in [5.74, 6) is 0.603. The Bertz CT molecular complexity index is 809. The minimum atomic E-state index is -0.105. The first kappa shape index (κ1) is 16.1. The van der Waals surface area contributed by atoms with E-state index in [-0.39, 0.29) is 12.5 Å². The third-order valence-corrected chi connectivity index (χ3v) is 3.81. The van der Waals surface area contributed by atoms with Crippen LogP contribution in [0.15, 0.2) is 54.9 Å². The second kappa shape index (κ2) is 7.64. The van der Waals surface area contributed by atoms with Gasteiger partial charge in [-0.05, 0) is 43.7 Å². The second-order valence-electron chi connectivity index (χ2n) is 5.73. The number of carbonyl (C=O) groups excluding carboxylic acids is 1. The van der Waals surface area contributed by atoms with Gasteiger partial charge in [-0.3, -0.25) is 4.79 Å². The van der Waals surface area contributed by atoms with E-state index in [2.05, 4.69) is 20.9 Å². The Morgan fingerprint density at radius 2 is 2.04 bits per heavy atom. The highest BCUT2D eigenvalue weighted by Crippen LogP contribution is 2.12. The number of nitrogens with one attached hydrogen (secondary N) is 1. The van der Waals surface area contributed by atoms with Crippen molar-refractivity contribution in [1.29, 1.82) is 0 Å². The van der Waals surface area contributed by atoms with Crippen LogP contribution in [0, 0.1) is 6.92 Å². The largest absolute Gasteiger partial charge is 0.484 e. The number of benzene rings is 1. The highest BCUT2D eigenvalue weighted by Gasteiger charge is 2.04. The van der Waals surface area contributed by atoms with Crippen molar-refractivity contribution < 1.29 is 9.53 Å². The van der Waals surface area contributed by atoms with E-state index in [1.807, 2.05) is 49.5 Å². The zero-order valence-corrected chi connectivity index (χ0v) is 13.7. The van der Waals surface area contributed by atoms with Gasteiger partial charge >= 0.3 is 0 Å². The predicted octanol–water partition coefficient (Wildman–Crippen LogP) is 2.93. The molecule has 0 fully saturated rings. The highest BCUT2D eigenvalue weighted by atomic mass is 16.5. The van der Waals surface area contributed by atoms with Gasteiger partial charge in [0.1, 0.15) is 11.4 Å². The normalized spacial score (nSPS) is 10.7. The topological polar surface area (TPSA) is 56.1 Å². The molecule has 24 heavy (non-hydrogen) atoms. The van der Waals surface area contributed by atoms with Crippen LogP contribution in [0.1, 0.15) is 12.0 Å². The Balaban J connectivity index is 1.38. The van der Waals surface area contributed by atoms with Crippen LogP contribution in [-0.2, 0) is 11.3 Å². The van der Waals surface area contributed by atoms with Crippen LogP contribution >= 0.6 is 0 Å². The van der Waals surface area contributed by atoms with Crippen molar-refractivity contribution in [1.82, 2.24) is 14.9 Å². The van der Waals surface area contributed by atoms with Gasteiger partial charge in [0.2, 0.25) is 0 Å². The fourth-order valence-electron chi connectivity index (χ4n) is 2.51. The number of pyridine rings is 1. The molecule has 5 nitrogen and oxygen atoms in total. The average molecular weight is 323 g/mol. The summed E-state index contributed by atoms with van der Waals surface area (Å²) in [6.07, 6.45) is 4.67. The Labute approximate surface area is 141 Å². The quantitative estimate of drug-likeness (QED) is 0.680. The van der Waals surface area contributed by atoms with Gasteiger partial charge in [-0.1, -0.05) is 17.7 Å². The van der Waals surface area contributed by atoms with Crippen LogP contribution < -0.4 is 10.1 Å². The average Bonchev–Trinajstić information content (AvgIpc) is 3.01. The predicted molar refractivity (Wildman–Crippen MR) is 94.0 cm³/mol. The maximum atomic E-state index is 11.8. The zero-order chi connectivity index (χ0) is 16.8. The number of hydrogen-bond acceptors (Lipinski definition) is 3. The molecule has 124 valence electrons. The number of carbonyl (C=O) groups is 1. The summed E-state index contributed by atoms with van der Waals surface area (Å²) in [6.45, 7) is 3.49. The minimum absolute atomic E-state index is 0.0388. The molecule has 0 bridgehead atoms. The van der Waals surface area contributed by atoms with E-state index in [1.54, 1.807) is 6.20 Å². The molecule has 0 aliphatic heterocycles. The molecule has 0 radical (unpaired) electrons. The van der Waals surface area contributed by atoms with Crippen molar-refractivity contribution in [3.8, 4) is 5.75 Å². The fraction of sp³-hybridized carbons (Fsp3) is 0.263. The lowest BCUT2D eigenvalue weighted by Crippen LogP contribution is -2.30. The van der Waals surface area contributed by atoms with E-state index < -0.39 is 0 Å². The SMILES string of the molecule is Cc1ccc(OCC(=O)NCCCn2ccc3cccnc32)cc1. The van der Waals surface area contributed by atoms with Crippen molar-refractivity contribution in [2.45, 2.75) is 19.9 Å². The standard InChI is InChI=1S/C19H21N3O2/c1-15-5-7-17(8-6-15)24-14-18(23)20-11-3-12-22-13-9-16-4-2-10-21-19(16)22/h2,4-10,13H,3,11-12,14H2,1H3,(H,20,23). The van der Waals surface area contributed by atoms with Gasteiger partial charge in [-0.25, -0.2) is 4.98 Å². The van der Waals surface area contributed by atoms with Crippen LogP contribution in [0.4, 0.5) is 0 Å². The van der Waals surface area contributed by atoms with Crippen LogP contribution in [0.5, 0.6) is 5.75 Å². The number of amides is 1. The second-order valence-corrected chi connectivity index (χ2v) is 5.73. The highest BCUT2D eigenvalue weighted by molar-refractivity contribution is 5.77. The van der Waals surface area contributed by atoms with Gasteiger partial charge in [0.25, 0.3) is 5.91 Å². The molecule has 2 heterocycles. The number of aromatic nitrogens is 2. The van der Waals surface area contributed by atoms with E-state index in [9.17, 15) is 4.79 Å². The Kier molecular flexibility index (Phi) is 5.11. The number of fused-ring (bicyclic) bond motifs is 1. The molecule has 0 aliphatic rings. The molecule has 1 N–H and O–H groups in total. The van der Waals surface area contributed by atoms with E-state index >= 15 is 0 Å². The van der Waals surface area contributed by atoms with E-state index in [4.69, 9.17) is 4.74 Å². The van der Waals surface area contributed by atoms with Gasteiger partial charge in [-0.15, -0.1) is 0 Å². The van der Waals surface area contributed by atoms with E-state index in [0.29, 0.717) is 12.3 Å². The first-order valence-electron chi connectivity index (χ1n) is 8.08. The molecule has 1 aromatic carbocycles. The van der Waals surface area contributed by atoms with Gasteiger partial charge in [0, 0.05) is 30.9 Å². The van der Waals surface area contributed by atoms with E-state index in [0.717, 1.165) is 24.0 Å². The molecule has 2 aromatic heterocycles. The maximum Gasteiger partial charge on any atom is 0.257 e. The van der Waals surface area contributed by atoms with Crippen LogP contribution in [0.3, 0.4) is 0 Å². The molecule has 3 aromatic rings. The van der Waals surface area contributed by atoms with Crippen molar-refractivity contribution in [2.24, 2.45) is 0 Å². The molecule has 3 rings (SSSR count). The Morgan fingerprint density at radius 3 is 2.88 bits per heavy atom. The Morgan fingerprint density at radius 1 is 1.21 bits per heavy atom. The third kappa shape index (κ3) is 4.13. The summed E-state index contributed by atoms with van der Waals surface area (Å²) in [5, 5.41) is 4.01. The molecule has 1 amide bonds. The minimum Gasteiger partial charge on any atom is -0.484 e. The lowest BCUT2D eigenvalue weighted by Gasteiger charge is -2.08. The van der Waals surface area contributed by atoms with Gasteiger partial charge in [0.05, 0.1) is 0 Å². The van der Waals surface area contributed by atoms with Crippen molar-refractivity contribution in [2.75, 3.05) is 13.2 Å². The number of nitrogens with zero attached hydrogens (tertiary/aromatic N) is 2. The third-order valence-electron chi connectivity index (χ3n) is 3.81. The molecule has 0 atom stereocenters. The summed E-state index contributed by atoms with van der Waals surface area (Å²) in [5.41, 5.74) is 2.14. The zero-order valence-electron chi connectivity index (χ0n) is 13.7. The van der Waals surface area contributed by atoms with Gasteiger partial charge in [-0.2, -0.15) is 0 Å². The number of ether oxygens (including phenoxy) is 1. The van der Waals surface area contributed by atoms with E-state index in [1.165, 1.54) is 5.56 Å². The molecule has 0 saturated heterocycles. The molecule has 0 spiro atoms. The molecule has 5 heteroatoms. The molecule has 0 unspecified atom stereocenters. The first-order valence-corrected chi connectivity index (χ1v) is 8.08. The Hall–Kier alpha value is -2.82. The maximum absolute atomic E-state index is 11.8. The molecule has 0 aliphatic carbocycles. The first-order chi connectivity index (χ1) is 11.7. The molecule has 0 saturated carbocycles. The smallest absolute Gasteiger partial charge is 0.257 e. The summed E-state index contributed by atoms with van der Waals surface area (Å²) in [7, 11) is 0. The van der Waals surface area contributed by atoms with Crippen molar-refractivity contribution >= 4 is 16.9 Å². The van der Waals surface area contributed by atoms with Gasteiger partial charge < -0.3 is 14.6 Å². The lowest BCUT2D eigenvalue weighted by atomic mass is 10.2. The summed E-state index contributed by atoms with van der Waals surface area (Å²) in [6, 6.07) is 13.7. The lowest BCUT2D eigenvalue weighted by molar-refractivity contribution is -0.123. The van der Waals surface area contributed by atoms with Crippen LogP contribution in [-0.4, -0.2) is 28.6 Å². The number of rotatable bonds is 7. The van der Waals surface area contributed by atoms with Gasteiger partial charge in [0.15, 0.2) is 6.61 Å². The van der Waals surface area contributed by atoms with Crippen LogP contribution in [0.2, 0.25) is 0 Å². The molecular weight excluding hydrogens is 302 g/mol. The number of aryl methyl sites for hydroxylation is 2.